The summed E-state index contributed by atoms with van der Waals surface area (Å²) in [6.45, 7) is 0.555. The minimum absolute atomic E-state index is 0.303. The molecule has 0 aliphatic carbocycles. The third-order valence-corrected chi connectivity index (χ3v) is 3.72. The average Bonchev–Trinajstić information content (AvgIpc) is 3.15. The second-order valence-electron chi connectivity index (χ2n) is 5.34. The lowest BCUT2D eigenvalue weighted by molar-refractivity contribution is -0.641. The highest BCUT2D eigenvalue weighted by Crippen LogP contribution is 2.21. The highest BCUT2D eigenvalue weighted by atomic mass is 16.5. The van der Waals surface area contributed by atoms with Crippen molar-refractivity contribution < 1.29 is 4.85 Å². The van der Waals surface area contributed by atoms with Gasteiger partial charge < -0.3 is 10.5 Å². The molecule has 7 heteroatoms. The van der Waals surface area contributed by atoms with Crippen molar-refractivity contribution in [2.24, 2.45) is 0 Å². The zero-order valence-corrected chi connectivity index (χ0v) is 12.7. The maximum absolute atomic E-state index is 12.2. The lowest BCUT2D eigenvalue weighted by Gasteiger charge is -2.06. The summed E-state index contributed by atoms with van der Waals surface area (Å²) in [4.78, 5) is 5.00. The summed E-state index contributed by atoms with van der Waals surface area (Å²) in [5.41, 5.74) is 3.88. The molecule has 0 atom stereocenters. The quantitative estimate of drug-likeness (QED) is 0.445. The van der Waals surface area contributed by atoms with Gasteiger partial charge in [-0.1, -0.05) is 36.4 Å². The van der Waals surface area contributed by atoms with Gasteiger partial charge in [0.05, 0.1) is 11.3 Å². The summed E-state index contributed by atoms with van der Waals surface area (Å²) >= 11 is 0. The van der Waals surface area contributed by atoms with Crippen LogP contribution in [0.1, 0.15) is 5.56 Å². The van der Waals surface area contributed by atoms with Crippen molar-refractivity contribution in [3.8, 4) is 11.1 Å². The van der Waals surface area contributed by atoms with E-state index in [1.165, 1.54) is 0 Å². The van der Waals surface area contributed by atoms with E-state index in [9.17, 15) is 5.21 Å². The van der Waals surface area contributed by atoms with Crippen LogP contribution in [0.15, 0.2) is 60.9 Å². The Balaban J connectivity index is 1.64. The van der Waals surface area contributed by atoms with Gasteiger partial charge in [0.2, 0.25) is 0 Å². The molecule has 0 amide bonds. The third kappa shape index (κ3) is 2.74. The molecule has 2 aromatic carbocycles. The first kappa shape index (κ1) is 14.1. The van der Waals surface area contributed by atoms with Crippen molar-refractivity contribution in [2.45, 2.75) is 6.54 Å². The first-order valence-electron chi connectivity index (χ1n) is 7.48. The van der Waals surface area contributed by atoms with Gasteiger partial charge in [0, 0.05) is 24.4 Å². The van der Waals surface area contributed by atoms with E-state index >= 15 is 0 Å². The summed E-state index contributed by atoms with van der Waals surface area (Å²) < 4.78 is 0. The number of nitrogens with one attached hydrogen (secondary N) is 2. The van der Waals surface area contributed by atoms with Crippen molar-refractivity contribution in [2.75, 3.05) is 5.32 Å². The number of benzene rings is 2. The summed E-state index contributed by atoms with van der Waals surface area (Å²) in [7, 11) is 0. The molecule has 4 rings (SSSR count). The molecule has 4 aromatic rings. The molecular weight excluding hydrogens is 304 g/mol. The molecular formula is C17H14N6O. The highest BCUT2D eigenvalue weighted by Gasteiger charge is 2.12. The van der Waals surface area contributed by atoms with E-state index in [1.54, 1.807) is 24.5 Å². The monoisotopic (exact) mass is 318 g/mol. The minimum atomic E-state index is 0.303. The van der Waals surface area contributed by atoms with Crippen LogP contribution in [0, 0.1) is 5.21 Å². The fourth-order valence-corrected chi connectivity index (χ4v) is 2.49. The van der Waals surface area contributed by atoms with Crippen molar-refractivity contribution in [3.63, 3.8) is 0 Å². The number of hydrogen-bond acceptors (Lipinski definition) is 5. The fraction of sp³-hybridized carbons (Fsp3) is 0.0588. The van der Waals surface area contributed by atoms with Gasteiger partial charge in [0.15, 0.2) is 0 Å². The Kier molecular flexibility index (Phi) is 3.51. The van der Waals surface area contributed by atoms with Crippen molar-refractivity contribution in [1.29, 1.82) is 0 Å². The van der Waals surface area contributed by atoms with Gasteiger partial charge in [0.1, 0.15) is 5.52 Å². The molecule has 2 aromatic heterocycles. The molecule has 0 spiro atoms. The van der Waals surface area contributed by atoms with Crippen molar-refractivity contribution in [3.05, 3.63) is 71.7 Å². The zero-order chi connectivity index (χ0) is 16.4. The van der Waals surface area contributed by atoms with Crippen LogP contribution in [0.2, 0.25) is 0 Å². The predicted octanol–water partition coefficient (Wildman–Crippen LogP) is 2.27. The first-order valence-corrected chi connectivity index (χ1v) is 7.48. The van der Waals surface area contributed by atoms with Gasteiger partial charge in [-0.25, -0.2) is 4.98 Å². The van der Waals surface area contributed by atoms with Crippen LogP contribution in [-0.2, 0) is 6.54 Å². The number of hydrogen-bond donors (Lipinski definition) is 2. The molecule has 7 nitrogen and oxygen atoms in total. The zero-order valence-electron chi connectivity index (χ0n) is 12.7. The van der Waals surface area contributed by atoms with E-state index in [1.807, 2.05) is 36.4 Å². The molecule has 0 fully saturated rings. The lowest BCUT2D eigenvalue weighted by Crippen LogP contribution is -2.33. The Morgan fingerprint density at radius 1 is 1.08 bits per heavy atom. The van der Waals surface area contributed by atoms with Crippen LogP contribution >= 0.6 is 0 Å². The molecule has 24 heavy (non-hydrogen) atoms. The van der Waals surface area contributed by atoms with E-state index in [-0.39, 0.29) is 0 Å². The standard InChI is InChI=1S/C17H14N6O/c24-23-16-8-13(14-10-19-20-11-14)6-7-15(16)21-17(22-23)18-9-12-4-2-1-3-5-12/h1-8,10-11H,9H2,(H,19,20)(H,18,21,22). The number of fused-ring (bicyclic) bond motifs is 1. The summed E-state index contributed by atoms with van der Waals surface area (Å²) in [6.07, 6.45) is 3.47. The molecule has 0 bridgehead atoms. The molecule has 2 N–H and O–H groups in total. The van der Waals surface area contributed by atoms with E-state index in [4.69, 9.17) is 0 Å². The third-order valence-electron chi connectivity index (χ3n) is 3.72. The van der Waals surface area contributed by atoms with Gasteiger partial charge in [-0.3, -0.25) is 5.10 Å². The number of rotatable bonds is 4. The SMILES string of the molecule is [O-][n+]1nc(NCc2ccccc2)nc2ccc(-c3cn[nH]c3)cc21. The van der Waals surface area contributed by atoms with Crippen LogP contribution in [0.4, 0.5) is 5.95 Å². The molecule has 0 aliphatic heterocycles. The first-order chi connectivity index (χ1) is 11.8. The maximum atomic E-state index is 12.2. The summed E-state index contributed by atoms with van der Waals surface area (Å²) in [5, 5.41) is 25.9. The predicted molar refractivity (Wildman–Crippen MR) is 89.8 cm³/mol. The molecule has 0 saturated heterocycles. The Hall–Kier alpha value is -3.48. The number of anilines is 1. The maximum Gasteiger partial charge on any atom is 0.290 e. The van der Waals surface area contributed by atoms with E-state index in [0.717, 1.165) is 16.7 Å². The van der Waals surface area contributed by atoms with Crippen LogP contribution in [-0.4, -0.2) is 20.3 Å². The highest BCUT2D eigenvalue weighted by molar-refractivity contribution is 5.79. The van der Waals surface area contributed by atoms with Gasteiger partial charge in [0.25, 0.3) is 11.5 Å². The van der Waals surface area contributed by atoms with Crippen molar-refractivity contribution >= 4 is 17.0 Å². The number of aromatic amines is 1. The molecule has 0 aliphatic rings. The number of nitrogens with zero attached hydrogens (tertiary/aromatic N) is 4. The summed E-state index contributed by atoms with van der Waals surface area (Å²) in [6, 6.07) is 15.3. The summed E-state index contributed by atoms with van der Waals surface area (Å²) in [5.74, 6) is 0.303. The van der Waals surface area contributed by atoms with Crippen LogP contribution in [0.3, 0.4) is 0 Å². The fourth-order valence-electron chi connectivity index (χ4n) is 2.49. The van der Waals surface area contributed by atoms with Gasteiger partial charge in [-0.05, 0) is 22.0 Å². The van der Waals surface area contributed by atoms with E-state index < -0.39 is 0 Å². The molecule has 118 valence electrons. The van der Waals surface area contributed by atoms with Crippen LogP contribution in [0.5, 0.6) is 0 Å². The van der Waals surface area contributed by atoms with Gasteiger partial charge in [-0.15, -0.1) is 0 Å². The van der Waals surface area contributed by atoms with Crippen LogP contribution < -0.4 is 10.2 Å². The van der Waals surface area contributed by atoms with Gasteiger partial charge in [-0.2, -0.15) is 5.10 Å². The smallest absolute Gasteiger partial charge is 0.290 e. The molecule has 0 unspecified atom stereocenters. The second-order valence-corrected chi connectivity index (χ2v) is 5.34. The number of H-pyrrole nitrogens is 1. The minimum Gasteiger partial charge on any atom is -0.594 e. The van der Waals surface area contributed by atoms with Crippen molar-refractivity contribution in [1.82, 2.24) is 20.3 Å². The van der Waals surface area contributed by atoms with E-state index in [0.29, 0.717) is 28.4 Å². The normalized spacial score (nSPS) is 10.8. The Labute approximate surface area is 137 Å². The Bertz CT molecular complexity index is 969. The second kappa shape index (κ2) is 5.96. The molecule has 0 saturated carbocycles. The average molecular weight is 318 g/mol. The Morgan fingerprint density at radius 2 is 1.96 bits per heavy atom. The van der Waals surface area contributed by atoms with Gasteiger partial charge >= 0.3 is 0 Å². The molecule has 2 heterocycles. The van der Waals surface area contributed by atoms with Crippen LogP contribution in [0.25, 0.3) is 22.2 Å². The lowest BCUT2D eigenvalue weighted by atomic mass is 10.1. The Morgan fingerprint density at radius 3 is 2.75 bits per heavy atom. The number of aromatic nitrogens is 5. The molecule has 0 radical (unpaired) electrons. The largest absolute Gasteiger partial charge is 0.594 e. The van der Waals surface area contributed by atoms with E-state index in [2.05, 4.69) is 25.6 Å². The topological polar surface area (TPSA) is 93.4 Å².